The van der Waals surface area contributed by atoms with E-state index in [1.165, 1.54) is 18.1 Å². The van der Waals surface area contributed by atoms with Crippen molar-refractivity contribution in [1.29, 1.82) is 0 Å². The van der Waals surface area contributed by atoms with Gasteiger partial charge in [0, 0.05) is 12.3 Å². The first-order chi connectivity index (χ1) is 14.0. The molecule has 1 atom stereocenters. The Morgan fingerprint density at radius 3 is 3.03 bits per heavy atom. The van der Waals surface area contributed by atoms with Crippen LogP contribution in [0.3, 0.4) is 0 Å². The van der Waals surface area contributed by atoms with Gasteiger partial charge in [0.1, 0.15) is 0 Å². The topological polar surface area (TPSA) is 102 Å². The predicted octanol–water partition coefficient (Wildman–Crippen LogP) is 2.65. The molecule has 1 aliphatic heterocycles. The summed E-state index contributed by atoms with van der Waals surface area (Å²) in [5, 5.41) is 3.53. The number of hydrogen-bond acceptors (Lipinski definition) is 6. The van der Waals surface area contributed by atoms with E-state index in [4.69, 9.17) is 4.74 Å². The summed E-state index contributed by atoms with van der Waals surface area (Å²) in [5.41, 5.74) is 3.47. The SMILES string of the molecule is Cc1ccc(NC(=O)CSc2nc3c(=O)[nH]cnc3n2C[C@H]2CCCO2)c(C)c1. The summed E-state index contributed by atoms with van der Waals surface area (Å²) in [6, 6.07) is 5.90. The highest BCUT2D eigenvalue weighted by atomic mass is 32.2. The first kappa shape index (κ1) is 19.7. The zero-order valence-electron chi connectivity index (χ0n) is 16.4. The molecule has 3 aromatic rings. The number of ether oxygens (including phenoxy) is 1. The number of amides is 1. The van der Waals surface area contributed by atoms with E-state index in [-0.39, 0.29) is 28.8 Å². The van der Waals surface area contributed by atoms with E-state index in [1.54, 1.807) is 0 Å². The number of hydrogen-bond donors (Lipinski definition) is 2. The number of carbonyl (C=O) groups excluding carboxylic acids is 1. The molecule has 2 aromatic heterocycles. The standard InChI is InChI=1S/C20H23N5O3S/c1-12-5-6-15(13(2)8-12)23-16(26)10-29-20-24-17-18(21-11-22-19(17)27)25(20)9-14-4-3-7-28-14/h5-6,8,11,14H,3-4,7,9-10H2,1-2H3,(H,23,26)(H,21,22,27)/t14-/m1/s1. The van der Waals surface area contributed by atoms with Crippen LogP contribution in [0, 0.1) is 13.8 Å². The Hall–Kier alpha value is -2.65. The first-order valence-corrected chi connectivity index (χ1v) is 10.6. The molecule has 0 bridgehead atoms. The van der Waals surface area contributed by atoms with Gasteiger partial charge >= 0.3 is 0 Å². The molecular weight excluding hydrogens is 390 g/mol. The van der Waals surface area contributed by atoms with Crippen LogP contribution in [0.15, 0.2) is 34.5 Å². The quantitative estimate of drug-likeness (QED) is 0.603. The molecule has 0 aliphatic carbocycles. The minimum absolute atomic E-state index is 0.0665. The molecule has 8 nitrogen and oxygen atoms in total. The largest absolute Gasteiger partial charge is 0.376 e. The van der Waals surface area contributed by atoms with Gasteiger partial charge in [-0.1, -0.05) is 29.5 Å². The van der Waals surface area contributed by atoms with E-state index in [0.717, 1.165) is 36.3 Å². The molecule has 9 heteroatoms. The lowest BCUT2D eigenvalue weighted by Gasteiger charge is -2.13. The van der Waals surface area contributed by atoms with Crippen LogP contribution in [0.4, 0.5) is 5.69 Å². The molecule has 1 fully saturated rings. The second-order valence-corrected chi connectivity index (χ2v) is 8.14. The number of nitrogens with one attached hydrogen (secondary N) is 2. The monoisotopic (exact) mass is 413 g/mol. The fraction of sp³-hybridized carbons (Fsp3) is 0.400. The highest BCUT2D eigenvalue weighted by Gasteiger charge is 2.22. The number of aromatic amines is 1. The predicted molar refractivity (Wildman–Crippen MR) is 112 cm³/mol. The Balaban J connectivity index is 1.52. The summed E-state index contributed by atoms with van der Waals surface area (Å²) in [7, 11) is 0. The van der Waals surface area contributed by atoms with Crippen LogP contribution in [0.2, 0.25) is 0 Å². The van der Waals surface area contributed by atoms with E-state index in [0.29, 0.717) is 17.3 Å². The lowest BCUT2D eigenvalue weighted by molar-refractivity contribution is -0.113. The Morgan fingerprint density at radius 2 is 2.28 bits per heavy atom. The molecule has 4 rings (SSSR count). The number of nitrogens with zero attached hydrogens (tertiary/aromatic N) is 3. The molecule has 29 heavy (non-hydrogen) atoms. The van der Waals surface area contributed by atoms with Gasteiger partial charge < -0.3 is 19.6 Å². The van der Waals surface area contributed by atoms with Gasteiger partial charge in [-0.05, 0) is 38.3 Å². The Kier molecular flexibility index (Phi) is 5.68. The minimum Gasteiger partial charge on any atom is -0.376 e. The van der Waals surface area contributed by atoms with Crippen molar-refractivity contribution >= 4 is 34.5 Å². The van der Waals surface area contributed by atoms with Gasteiger partial charge in [-0.25, -0.2) is 9.97 Å². The molecule has 0 unspecified atom stereocenters. The number of H-pyrrole nitrogens is 1. The maximum absolute atomic E-state index is 12.5. The van der Waals surface area contributed by atoms with Crippen molar-refractivity contribution in [3.8, 4) is 0 Å². The number of rotatable bonds is 6. The summed E-state index contributed by atoms with van der Waals surface area (Å²) in [4.78, 5) is 35.9. The normalized spacial score (nSPS) is 16.4. The lowest BCUT2D eigenvalue weighted by atomic mass is 10.1. The van der Waals surface area contributed by atoms with E-state index in [9.17, 15) is 9.59 Å². The third kappa shape index (κ3) is 4.35. The molecule has 1 aromatic carbocycles. The number of fused-ring (bicyclic) bond motifs is 1. The van der Waals surface area contributed by atoms with Crippen molar-refractivity contribution in [2.24, 2.45) is 0 Å². The van der Waals surface area contributed by atoms with Gasteiger partial charge in [0.25, 0.3) is 5.56 Å². The molecule has 0 saturated carbocycles. The van der Waals surface area contributed by atoms with Crippen molar-refractivity contribution in [1.82, 2.24) is 19.5 Å². The number of imidazole rings is 1. The van der Waals surface area contributed by atoms with Crippen LogP contribution in [0.1, 0.15) is 24.0 Å². The number of aryl methyl sites for hydroxylation is 2. The smallest absolute Gasteiger partial charge is 0.278 e. The summed E-state index contributed by atoms with van der Waals surface area (Å²) < 4.78 is 7.62. The molecule has 0 radical (unpaired) electrons. The van der Waals surface area contributed by atoms with Crippen molar-refractivity contribution in [2.45, 2.75) is 44.5 Å². The van der Waals surface area contributed by atoms with E-state index >= 15 is 0 Å². The van der Waals surface area contributed by atoms with Gasteiger partial charge in [0.15, 0.2) is 16.3 Å². The van der Waals surface area contributed by atoms with E-state index in [2.05, 4.69) is 20.3 Å². The fourth-order valence-electron chi connectivity index (χ4n) is 3.46. The van der Waals surface area contributed by atoms with Crippen molar-refractivity contribution in [3.63, 3.8) is 0 Å². The summed E-state index contributed by atoms with van der Waals surface area (Å²) >= 11 is 1.29. The summed E-state index contributed by atoms with van der Waals surface area (Å²) in [5.74, 6) is 0.0552. The average Bonchev–Trinajstić information content (AvgIpc) is 3.32. The molecular formula is C20H23N5O3S. The van der Waals surface area contributed by atoms with Gasteiger partial charge in [-0.3, -0.25) is 9.59 Å². The van der Waals surface area contributed by atoms with Gasteiger partial charge in [-0.15, -0.1) is 0 Å². The maximum atomic E-state index is 12.5. The third-order valence-electron chi connectivity index (χ3n) is 4.90. The fourth-order valence-corrected chi connectivity index (χ4v) is 4.27. The number of aromatic nitrogens is 4. The minimum atomic E-state index is -0.289. The zero-order valence-corrected chi connectivity index (χ0v) is 17.2. The molecule has 0 spiro atoms. The van der Waals surface area contributed by atoms with Crippen LogP contribution >= 0.6 is 11.8 Å². The van der Waals surface area contributed by atoms with Crippen LogP contribution in [0.5, 0.6) is 0 Å². The summed E-state index contributed by atoms with van der Waals surface area (Å²) in [6.07, 6.45) is 3.42. The Labute approximate surface area is 172 Å². The molecule has 1 aliphatic rings. The number of thioether (sulfide) groups is 1. The van der Waals surface area contributed by atoms with Crippen LogP contribution in [-0.4, -0.2) is 43.9 Å². The molecule has 1 saturated heterocycles. The zero-order chi connectivity index (χ0) is 20.4. The molecule has 3 heterocycles. The molecule has 152 valence electrons. The number of benzene rings is 1. The van der Waals surface area contributed by atoms with E-state index < -0.39 is 0 Å². The number of carbonyl (C=O) groups is 1. The van der Waals surface area contributed by atoms with Crippen LogP contribution in [0.25, 0.3) is 11.2 Å². The highest BCUT2D eigenvalue weighted by molar-refractivity contribution is 7.99. The van der Waals surface area contributed by atoms with Crippen molar-refractivity contribution in [2.75, 3.05) is 17.7 Å². The maximum Gasteiger partial charge on any atom is 0.278 e. The van der Waals surface area contributed by atoms with Crippen LogP contribution < -0.4 is 10.9 Å². The average molecular weight is 414 g/mol. The van der Waals surface area contributed by atoms with E-state index in [1.807, 2.05) is 36.6 Å². The van der Waals surface area contributed by atoms with Crippen LogP contribution in [-0.2, 0) is 16.1 Å². The van der Waals surface area contributed by atoms with Crippen molar-refractivity contribution < 1.29 is 9.53 Å². The Bertz CT molecular complexity index is 1100. The lowest BCUT2D eigenvalue weighted by Crippen LogP contribution is -2.18. The molecule has 2 N–H and O–H groups in total. The number of anilines is 1. The van der Waals surface area contributed by atoms with Gasteiger partial charge in [0.2, 0.25) is 5.91 Å². The molecule has 1 amide bonds. The first-order valence-electron chi connectivity index (χ1n) is 9.56. The van der Waals surface area contributed by atoms with Crippen molar-refractivity contribution in [3.05, 3.63) is 46.0 Å². The highest BCUT2D eigenvalue weighted by Crippen LogP contribution is 2.25. The van der Waals surface area contributed by atoms with Gasteiger partial charge in [0.05, 0.1) is 24.7 Å². The van der Waals surface area contributed by atoms with Gasteiger partial charge in [-0.2, -0.15) is 0 Å². The summed E-state index contributed by atoms with van der Waals surface area (Å²) in [6.45, 7) is 5.29. The third-order valence-corrected chi connectivity index (χ3v) is 5.88. The second-order valence-electron chi connectivity index (χ2n) is 7.20. The second kappa shape index (κ2) is 8.38. The Morgan fingerprint density at radius 1 is 1.41 bits per heavy atom.